The van der Waals surface area contributed by atoms with Gasteiger partial charge < -0.3 is 15.5 Å². The second kappa shape index (κ2) is 6.24. The third-order valence-electron chi connectivity index (χ3n) is 4.12. The van der Waals surface area contributed by atoms with Crippen LogP contribution in [0.2, 0.25) is 5.02 Å². The van der Waals surface area contributed by atoms with E-state index in [9.17, 15) is 4.79 Å². The molecular weight excluding hydrogens is 286 g/mol. The fourth-order valence-corrected chi connectivity index (χ4v) is 3.17. The molecule has 3 rings (SSSR count). The number of hydrogen-bond acceptors (Lipinski definition) is 3. The number of carbonyl (C=O) groups excluding carboxylic acids is 1. The minimum atomic E-state index is 0.0365. The van der Waals surface area contributed by atoms with Crippen molar-refractivity contribution in [3.63, 3.8) is 0 Å². The van der Waals surface area contributed by atoms with E-state index in [2.05, 4.69) is 33.7 Å². The summed E-state index contributed by atoms with van der Waals surface area (Å²) in [5.41, 5.74) is 2.30. The first-order chi connectivity index (χ1) is 10.1. The zero-order valence-electron chi connectivity index (χ0n) is 12.4. The molecule has 2 N–H and O–H groups in total. The van der Waals surface area contributed by atoms with E-state index in [-0.39, 0.29) is 11.9 Å². The number of anilines is 1. The summed E-state index contributed by atoms with van der Waals surface area (Å²) >= 11 is 6.44. The number of halogens is 1. The Kier molecular flexibility index (Phi) is 4.36. The van der Waals surface area contributed by atoms with Crippen LogP contribution in [0.3, 0.4) is 0 Å². The molecular formula is C16H22ClN3O. The maximum atomic E-state index is 11.1. The van der Waals surface area contributed by atoms with Crippen molar-refractivity contribution in [1.29, 1.82) is 0 Å². The van der Waals surface area contributed by atoms with E-state index in [0.29, 0.717) is 6.04 Å². The van der Waals surface area contributed by atoms with Gasteiger partial charge in [0, 0.05) is 38.6 Å². The van der Waals surface area contributed by atoms with E-state index in [1.807, 2.05) is 0 Å². The van der Waals surface area contributed by atoms with E-state index in [4.69, 9.17) is 11.6 Å². The molecule has 1 aliphatic carbocycles. The molecule has 4 nitrogen and oxygen atoms in total. The van der Waals surface area contributed by atoms with Crippen LogP contribution in [0.4, 0.5) is 5.69 Å². The van der Waals surface area contributed by atoms with Gasteiger partial charge in [0.25, 0.3) is 0 Å². The van der Waals surface area contributed by atoms with Crippen LogP contribution in [0.25, 0.3) is 0 Å². The van der Waals surface area contributed by atoms with Gasteiger partial charge in [0.1, 0.15) is 0 Å². The second-order valence-electron chi connectivity index (χ2n) is 6.07. The molecule has 1 atom stereocenters. The van der Waals surface area contributed by atoms with Crippen LogP contribution in [0.15, 0.2) is 18.2 Å². The highest BCUT2D eigenvalue weighted by Crippen LogP contribution is 2.30. The Labute approximate surface area is 130 Å². The van der Waals surface area contributed by atoms with Crippen molar-refractivity contribution in [3.05, 3.63) is 28.8 Å². The summed E-state index contributed by atoms with van der Waals surface area (Å²) in [6.45, 7) is 4.22. The van der Waals surface area contributed by atoms with Gasteiger partial charge in [-0.25, -0.2) is 0 Å². The summed E-state index contributed by atoms with van der Waals surface area (Å²) in [7, 11) is 0. The molecule has 1 aromatic rings. The van der Waals surface area contributed by atoms with Gasteiger partial charge in [-0.2, -0.15) is 0 Å². The number of rotatable bonds is 5. The van der Waals surface area contributed by atoms with Crippen molar-refractivity contribution in [2.24, 2.45) is 0 Å². The van der Waals surface area contributed by atoms with Crippen molar-refractivity contribution in [2.45, 2.75) is 44.8 Å². The lowest BCUT2D eigenvalue weighted by atomic mass is 10.2. The Balaban J connectivity index is 1.61. The lowest BCUT2D eigenvalue weighted by molar-refractivity contribution is -0.119. The van der Waals surface area contributed by atoms with Gasteiger partial charge in [-0.05, 0) is 37.0 Å². The normalized spacial score (nSPS) is 21.6. The lowest BCUT2D eigenvalue weighted by Gasteiger charge is -2.21. The molecule has 1 saturated carbocycles. The number of carbonyl (C=O) groups is 1. The lowest BCUT2D eigenvalue weighted by Crippen LogP contribution is -2.35. The first kappa shape index (κ1) is 14.7. The van der Waals surface area contributed by atoms with Crippen LogP contribution in [-0.4, -0.2) is 31.1 Å². The molecule has 0 radical (unpaired) electrons. The van der Waals surface area contributed by atoms with Crippen molar-refractivity contribution < 1.29 is 4.79 Å². The van der Waals surface area contributed by atoms with E-state index in [1.54, 1.807) is 6.92 Å². The SMILES string of the molecule is CC(=O)NC1CCN(c2ccc(CNC3CC3)cc2Cl)C1. The molecule has 1 saturated heterocycles. The average Bonchev–Trinajstić information content (AvgIpc) is 3.16. The molecule has 2 aliphatic rings. The predicted octanol–water partition coefficient (Wildman–Crippen LogP) is 2.31. The maximum absolute atomic E-state index is 11.1. The predicted molar refractivity (Wildman–Crippen MR) is 85.7 cm³/mol. The highest BCUT2D eigenvalue weighted by molar-refractivity contribution is 6.33. The van der Waals surface area contributed by atoms with E-state index in [1.165, 1.54) is 18.4 Å². The second-order valence-corrected chi connectivity index (χ2v) is 6.48. The van der Waals surface area contributed by atoms with Gasteiger partial charge in [-0.15, -0.1) is 0 Å². The molecule has 1 aromatic carbocycles. The summed E-state index contributed by atoms with van der Waals surface area (Å²) < 4.78 is 0. The van der Waals surface area contributed by atoms with Gasteiger partial charge in [0.05, 0.1) is 10.7 Å². The molecule has 21 heavy (non-hydrogen) atoms. The summed E-state index contributed by atoms with van der Waals surface area (Å²) in [5, 5.41) is 7.28. The molecule has 0 aromatic heterocycles. The Bertz CT molecular complexity index is 530. The third-order valence-corrected chi connectivity index (χ3v) is 4.42. The third kappa shape index (κ3) is 3.89. The molecule has 2 fully saturated rings. The molecule has 0 spiro atoms. The van der Waals surface area contributed by atoms with Crippen molar-refractivity contribution in [1.82, 2.24) is 10.6 Å². The quantitative estimate of drug-likeness (QED) is 0.877. The number of benzene rings is 1. The summed E-state index contributed by atoms with van der Waals surface area (Å²) in [5.74, 6) is 0.0365. The Hall–Kier alpha value is -1.26. The first-order valence-electron chi connectivity index (χ1n) is 7.65. The highest BCUT2D eigenvalue weighted by atomic mass is 35.5. The maximum Gasteiger partial charge on any atom is 0.217 e. The van der Waals surface area contributed by atoms with Gasteiger partial charge in [-0.1, -0.05) is 17.7 Å². The van der Waals surface area contributed by atoms with Crippen LogP contribution in [-0.2, 0) is 11.3 Å². The number of hydrogen-bond donors (Lipinski definition) is 2. The van der Waals surface area contributed by atoms with Gasteiger partial charge in [0.2, 0.25) is 5.91 Å². The van der Waals surface area contributed by atoms with E-state index >= 15 is 0 Å². The molecule has 1 amide bonds. The highest BCUT2D eigenvalue weighted by Gasteiger charge is 2.25. The minimum Gasteiger partial charge on any atom is -0.368 e. The van der Waals surface area contributed by atoms with Gasteiger partial charge in [0.15, 0.2) is 0 Å². The van der Waals surface area contributed by atoms with E-state index < -0.39 is 0 Å². The smallest absolute Gasteiger partial charge is 0.217 e. The van der Waals surface area contributed by atoms with Crippen LogP contribution in [0.5, 0.6) is 0 Å². The van der Waals surface area contributed by atoms with Crippen LogP contribution in [0.1, 0.15) is 31.7 Å². The summed E-state index contributed by atoms with van der Waals surface area (Å²) in [6, 6.07) is 7.23. The van der Waals surface area contributed by atoms with Crippen molar-refractivity contribution >= 4 is 23.2 Å². The van der Waals surface area contributed by atoms with Gasteiger partial charge in [-0.3, -0.25) is 4.79 Å². The summed E-state index contributed by atoms with van der Waals surface area (Å²) in [4.78, 5) is 13.4. The first-order valence-corrected chi connectivity index (χ1v) is 8.03. The minimum absolute atomic E-state index is 0.0365. The fraction of sp³-hybridized carbons (Fsp3) is 0.562. The molecule has 114 valence electrons. The largest absolute Gasteiger partial charge is 0.368 e. The molecule has 1 heterocycles. The molecule has 5 heteroatoms. The Morgan fingerprint density at radius 2 is 2.14 bits per heavy atom. The fourth-order valence-electron chi connectivity index (χ4n) is 2.85. The Morgan fingerprint density at radius 3 is 2.81 bits per heavy atom. The van der Waals surface area contributed by atoms with Crippen molar-refractivity contribution in [2.75, 3.05) is 18.0 Å². The van der Waals surface area contributed by atoms with Crippen LogP contribution in [0, 0.1) is 0 Å². The summed E-state index contributed by atoms with van der Waals surface area (Å²) in [6.07, 6.45) is 3.56. The molecule has 0 bridgehead atoms. The Morgan fingerprint density at radius 1 is 1.33 bits per heavy atom. The zero-order chi connectivity index (χ0) is 14.8. The number of nitrogens with zero attached hydrogens (tertiary/aromatic N) is 1. The van der Waals surface area contributed by atoms with Crippen LogP contribution < -0.4 is 15.5 Å². The topological polar surface area (TPSA) is 44.4 Å². The van der Waals surface area contributed by atoms with Crippen molar-refractivity contribution in [3.8, 4) is 0 Å². The number of amides is 1. The van der Waals surface area contributed by atoms with E-state index in [0.717, 1.165) is 36.8 Å². The zero-order valence-corrected chi connectivity index (χ0v) is 13.1. The van der Waals surface area contributed by atoms with Gasteiger partial charge >= 0.3 is 0 Å². The monoisotopic (exact) mass is 307 g/mol. The van der Waals surface area contributed by atoms with Crippen LogP contribution >= 0.6 is 11.6 Å². The standard InChI is InChI=1S/C16H22ClN3O/c1-11(21)19-14-6-7-20(10-14)16-5-2-12(8-15(16)17)9-18-13-3-4-13/h2,5,8,13-14,18H,3-4,6-7,9-10H2,1H3,(H,19,21). The average molecular weight is 308 g/mol. The number of nitrogens with one attached hydrogen (secondary N) is 2. The molecule has 1 unspecified atom stereocenters. The molecule has 1 aliphatic heterocycles.